The summed E-state index contributed by atoms with van der Waals surface area (Å²) >= 11 is 0. The summed E-state index contributed by atoms with van der Waals surface area (Å²) in [6, 6.07) is 8.60. The lowest BCUT2D eigenvalue weighted by Gasteiger charge is -2.31. The van der Waals surface area contributed by atoms with Gasteiger partial charge in [-0.3, -0.25) is 9.59 Å². The molecule has 0 aliphatic carbocycles. The van der Waals surface area contributed by atoms with E-state index in [0.29, 0.717) is 19.4 Å². The van der Waals surface area contributed by atoms with Gasteiger partial charge in [-0.2, -0.15) is 0 Å². The van der Waals surface area contributed by atoms with Crippen molar-refractivity contribution in [3.8, 4) is 0 Å². The van der Waals surface area contributed by atoms with Crippen LogP contribution in [0.4, 0.5) is 4.79 Å². The number of esters is 1. The highest BCUT2D eigenvalue weighted by molar-refractivity contribution is 5.88. The molecule has 1 saturated heterocycles. The Labute approximate surface area is 134 Å². The second kappa shape index (κ2) is 8.17. The molecule has 1 N–H and O–H groups in total. The number of nitrogens with one attached hydrogen (secondary N) is 1. The molecule has 1 aromatic rings. The van der Waals surface area contributed by atoms with Crippen molar-refractivity contribution in [2.24, 2.45) is 0 Å². The average Bonchev–Trinajstić information content (AvgIpc) is 2.57. The lowest BCUT2D eigenvalue weighted by molar-refractivity contribution is -0.148. The molecule has 2 rings (SSSR count). The molecule has 0 radical (unpaired) electrons. The molecule has 23 heavy (non-hydrogen) atoms. The Balaban J connectivity index is 1.82. The Kier molecular flexibility index (Phi) is 5.96. The molecular formula is C16H20N2O5. The van der Waals surface area contributed by atoms with E-state index in [9.17, 15) is 14.4 Å². The van der Waals surface area contributed by atoms with E-state index in [4.69, 9.17) is 4.74 Å². The van der Waals surface area contributed by atoms with Crippen molar-refractivity contribution in [3.05, 3.63) is 35.9 Å². The maximum Gasteiger partial charge on any atom is 0.408 e. The molecule has 1 atom stereocenters. The Bertz CT molecular complexity index is 561. The first-order valence-electron chi connectivity index (χ1n) is 7.43. The van der Waals surface area contributed by atoms with Gasteiger partial charge in [0.05, 0.1) is 7.11 Å². The highest BCUT2D eigenvalue weighted by Crippen LogP contribution is 2.12. The SMILES string of the molecule is COC(=O)CN1CCC[C@H](NC(=O)OCc2ccccc2)C1=O. The zero-order chi connectivity index (χ0) is 16.7. The number of piperidine rings is 1. The van der Waals surface area contributed by atoms with Gasteiger partial charge in [-0.05, 0) is 18.4 Å². The predicted octanol–water partition coefficient (Wildman–Crippen LogP) is 1.08. The molecule has 1 heterocycles. The minimum Gasteiger partial charge on any atom is -0.468 e. The fourth-order valence-electron chi connectivity index (χ4n) is 2.36. The Morgan fingerprint density at radius 2 is 2.04 bits per heavy atom. The number of alkyl carbamates (subject to hydrolysis) is 1. The first-order valence-corrected chi connectivity index (χ1v) is 7.43. The predicted molar refractivity (Wildman–Crippen MR) is 81.4 cm³/mol. The van der Waals surface area contributed by atoms with E-state index in [1.807, 2.05) is 30.3 Å². The van der Waals surface area contributed by atoms with Gasteiger partial charge in [0.25, 0.3) is 0 Å². The number of carbonyl (C=O) groups is 3. The smallest absolute Gasteiger partial charge is 0.408 e. The Hall–Kier alpha value is -2.57. The third-order valence-electron chi connectivity index (χ3n) is 3.58. The van der Waals surface area contributed by atoms with Crippen molar-refractivity contribution in [1.82, 2.24) is 10.2 Å². The molecule has 0 aromatic heterocycles. The molecule has 0 saturated carbocycles. The first kappa shape index (κ1) is 16.8. The lowest BCUT2D eigenvalue weighted by Crippen LogP contribution is -2.53. The van der Waals surface area contributed by atoms with E-state index < -0.39 is 18.1 Å². The second-order valence-electron chi connectivity index (χ2n) is 5.24. The van der Waals surface area contributed by atoms with E-state index in [2.05, 4.69) is 10.1 Å². The monoisotopic (exact) mass is 320 g/mol. The highest BCUT2D eigenvalue weighted by atomic mass is 16.5. The van der Waals surface area contributed by atoms with Gasteiger partial charge >= 0.3 is 12.1 Å². The van der Waals surface area contributed by atoms with E-state index in [1.165, 1.54) is 12.0 Å². The topological polar surface area (TPSA) is 84.9 Å². The van der Waals surface area contributed by atoms with Crippen molar-refractivity contribution in [1.29, 1.82) is 0 Å². The molecule has 0 bridgehead atoms. The molecule has 1 aliphatic heterocycles. The zero-order valence-corrected chi connectivity index (χ0v) is 13.0. The van der Waals surface area contributed by atoms with Crippen molar-refractivity contribution < 1.29 is 23.9 Å². The number of hydrogen-bond donors (Lipinski definition) is 1. The van der Waals surface area contributed by atoms with Crippen LogP contribution >= 0.6 is 0 Å². The van der Waals surface area contributed by atoms with Gasteiger partial charge in [-0.1, -0.05) is 30.3 Å². The molecule has 1 fully saturated rings. The average molecular weight is 320 g/mol. The summed E-state index contributed by atoms with van der Waals surface area (Å²) in [5, 5.41) is 2.56. The van der Waals surface area contributed by atoms with Gasteiger partial charge in [-0.15, -0.1) is 0 Å². The molecular weight excluding hydrogens is 300 g/mol. The number of amides is 2. The summed E-state index contributed by atoms with van der Waals surface area (Å²) < 4.78 is 9.66. The van der Waals surface area contributed by atoms with Gasteiger partial charge in [0.1, 0.15) is 19.2 Å². The number of rotatable bonds is 5. The van der Waals surface area contributed by atoms with Crippen LogP contribution in [0.3, 0.4) is 0 Å². The van der Waals surface area contributed by atoms with Crippen LogP contribution < -0.4 is 5.32 Å². The van der Waals surface area contributed by atoms with E-state index in [-0.39, 0.29) is 19.1 Å². The standard InChI is InChI=1S/C16H20N2O5/c1-22-14(19)10-18-9-5-8-13(15(18)20)17-16(21)23-11-12-6-3-2-4-7-12/h2-4,6-7,13H,5,8-11H2,1H3,(H,17,21)/t13-/m0/s1. The van der Waals surface area contributed by atoms with Crippen LogP contribution in [-0.4, -0.2) is 49.1 Å². The maximum atomic E-state index is 12.2. The largest absolute Gasteiger partial charge is 0.468 e. The summed E-state index contributed by atoms with van der Waals surface area (Å²) in [4.78, 5) is 36.7. The minimum atomic E-state index is -0.670. The summed E-state index contributed by atoms with van der Waals surface area (Å²) in [6.07, 6.45) is 0.579. The summed E-state index contributed by atoms with van der Waals surface area (Å²) in [5.74, 6) is -0.774. The van der Waals surface area contributed by atoms with Gasteiger partial charge < -0.3 is 19.7 Å². The van der Waals surface area contributed by atoms with Crippen LogP contribution in [0.15, 0.2) is 30.3 Å². The second-order valence-corrected chi connectivity index (χ2v) is 5.24. The lowest BCUT2D eigenvalue weighted by atomic mass is 10.1. The van der Waals surface area contributed by atoms with Crippen LogP contribution in [0.5, 0.6) is 0 Å². The third-order valence-corrected chi connectivity index (χ3v) is 3.58. The van der Waals surface area contributed by atoms with Crippen LogP contribution in [0, 0.1) is 0 Å². The van der Waals surface area contributed by atoms with E-state index in [0.717, 1.165) is 5.56 Å². The van der Waals surface area contributed by atoms with Gasteiger partial charge in [-0.25, -0.2) is 4.79 Å². The van der Waals surface area contributed by atoms with Crippen LogP contribution in [0.1, 0.15) is 18.4 Å². The fourth-order valence-corrected chi connectivity index (χ4v) is 2.36. The summed E-state index contributed by atoms with van der Waals surface area (Å²) in [5.41, 5.74) is 0.866. The molecule has 1 aromatic carbocycles. The molecule has 7 heteroatoms. The van der Waals surface area contributed by atoms with Crippen molar-refractivity contribution in [2.45, 2.75) is 25.5 Å². The Morgan fingerprint density at radius 3 is 2.74 bits per heavy atom. The van der Waals surface area contributed by atoms with E-state index >= 15 is 0 Å². The van der Waals surface area contributed by atoms with Gasteiger partial charge in [0, 0.05) is 6.54 Å². The normalized spacial score (nSPS) is 17.5. The van der Waals surface area contributed by atoms with Gasteiger partial charge in [0.2, 0.25) is 5.91 Å². The van der Waals surface area contributed by atoms with Crippen molar-refractivity contribution >= 4 is 18.0 Å². The van der Waals surface area contributed by atoms with Crippen LogP contribution in [-0.2, 0) is 25.7 Å². The number of ether oxygens (including phenoxy) is 2. The van der Waals surface area contributed by atoms with Gasteiger partial charge in [0.15, 0.2) is 0 Å². The first-order chi connectivity index (χ1) is 11.1. The summed E-state index contributed by atoms with van der Waals surface area (Å²) in [7, 11) is 1.27. The quantitative estimate of drug-likeness (QED) is 0.821. The molecule has 7 nitrogen and oxygen atoms in total. The zero-order valence-electron chi connectivity index (χ0n) is 13.0. The molecule has 0 spiro atoms. The molecule has 2 amide bonds. The number of likely N-dealkylation sites (tertiary alicyclic amines) is 1. The number of benzene rings is 1. The molecule has 124 valence electrons. The fraction of sp³-hybridized carbons (Fsp3) is 0.438. The van der Waals surface area contributed by atoms with Crippen LogP contribution in [0.25, 0.3) is 0 Å². The van der Waals surface area contributed by atoms with Crippen molar-refractivity contribution in [2.75, 3.05) is 20.2 Å². The third kappa shape index (κ3) is 4.98. The van der Waals surface area contributed by atoms with Crippen molar-refractivity contribution in [3.63, 3.8) is 0 Å². The number of hydrogen-bond acceptors (Lipinski definition) is 5. The highest BCUT2D eigenvalue weighted by Gasteiger charge is 2.31. The number of carbonyl (C=O) groups excluding carboxylic acids is 3. The number of methoxy groups -OCH3 is 1. The molecule has 1 aliphatic rings. The maximum absolute atomic E-state index is 12.2. The summed E-state index contributed by atoms with van der Waals surface area (Å²) in [6.45, 7) is 0.511. The van der Waals surface area contributed by atoms with Crippen LogP contribution in [0.2, 0.25) is 0 Å². The minimum absolute atomic E-state index is 0.105. The molecule has 0 unspecified atom stereocenters. The Morgan fingerprint density at radius 1 is 1.30 bits per heavy atom. The number of nitrogens with zero attached hydrogens (tertiary/aromatic N) is 1. The van der Waals surface area contributed by atoms with E-state index in [1.54, 1.807) is 0 Å².